The monoisotopic (exact) mass is 681 g/mol. The number of nitrogens with zero attached hydrogens (tertiary/aromatic N) is 1. The molecular formula is C34H36ClN3O10. The van der Waals surface area contributed by atoms with Crippen molar-refractivity contribution in [2.45, 2.75) is 69.4 Å². The van der Waals surface area contributed by atoms with Gasteiger partial charge in [-0.15, -0.1) is 12.4 Å². The summed E-state index contributed by atoms with van der Waals surface area (Å²) in [5, 5.41) is 50.0. The number of amides is 1. The number of rotatable bonds is 6. The van der Waals surface area contributed by atoms with Crippen molar-refractivity contribution in [1.29, 1.82) is 0 Å². The molecule has 1 aliphatic heterocycles. The van der Waals surface area contributed by atoms with Gasteiger partial charge in [0.25, 0.3) is 5.91 Å². The van der Waals surface area contributed by atoms with Gasteiger partial charge in [0.15, 0.2) is 12.1 Å². The Balaban J connectivity index is 0.00000451. The zero-order valence-electron chi connectivity index (χ0n) is 26.3. The van der Waals surface area contributed by atoms with Gasteiger partial charge >= 0.3 is 0 Å². The smallest absolute Gasteiger partial charge is 0.271 e. The number of nitrogens with one attached hydrogen (secondary N) is 1. The number of aliphatic hydroxyl groups is 2. The molecule has 254 valence electrons. The molecular weight excluding hydrogens is 646 g/mol. The van der Waals surface area contributed by atoms with Gasteiger partial charge in [-0.25, -0.2) is 5.43 Å². The van der Waals surface area contributed by atoms with Crippen molar-refractivity contribution in [2.24, 2.45) is 10.8 Å². The molecule has 6 atom stereocenters. The van der Waals surface area contributed by atoms with Crippen LogP contribution >= 0.6 is 12.4 Å². The summed E-state index contributed by atoms with van der Waals surface area (Å²) in [6, 6.07) is 12.1. The quantitative estimate of drug-likeness (QED) is 0.0990. The number of phenols is 2. The molecule has 14 heteroatoms. The van der Waals surface area contributed by atoms with E-state index in [0.717, 1.165) is 0 Å². The van der Waals surface area contributed by atoms with Crippen molar-refractivity contribution < 1.29 is 49.0 Å². The fraction of sp³-hybridized carbons (Fsp3) is 0.353. The van der Waals surface area contributed by atoms with Gasteiger partial charge < -0.3 is 40.4 Å². The number of aliphatic hydroxyl groups excluding tert-OH is 1. The predicted molar refractivity (Wildman–Crippen MR) is 174 cm³/mol. The number of fused-ring (bicyclic) bond motifs is 3. The van der Waals surface area contributed by atoms with E-state index in [-0.39, 0.29) is 65.4 Å². The van der Waals surface area contributed by atoms with Gasteiger partial charge in [0.1, 0.15) is 22.8 Å². The molecule has 1 amide bonds. The molecule has 0 unspecified atom stereocenters. The lowest BCUT2D eigenvalue weighted by Crippen LogP contribution is -2.52. The number of hydrogen-bond acceptors (Lipinski definition) is 12. The number of nitrogens with two attached hydrogens (primary N) is 1. The van der Waals surface area contributed by atoms with Gasteiger partial charge in [-0.05, 0) is 32.0 Å². The van der Waals surface area contributed by atoms with Crippen LogP contribution < -0.4 is 15.9 Å². The highest BCUT2D eigenvalue weighted by Crippen LogP contribution is 2.52. The lowest BCUT2D eigenvalue weighted by molar-refractivity contribution is -0.245. The second-order valence-corrected chi connectivity index (χ2v) is 12.1. The Hall–Kier alpha value is -4.37. The summed E-state index contributed by atoms with van der Waals surface area (Å²) in [6.07, 6.45) is -4.51. The fourth-order valence-corrected chi connectivity index (χ4v) is 6.56. The Morgan fingerprint density at radius 1 is 1.04 bits per heavy atom. The largest absolute Gasteiger partial charge is 0.507 e. The number of hydrazone groups is 1. The number of benzene rings is 3. The van der Waals surface area contributed by atoms with E-state index in [9.17, 15) is 34.8 Å². The van der Waals surface area contributed by atoms with E-state index in [2.05, 4.69) is 10.5 Å². The van der Waals surface area contributed by atoms with Crippen LogP contribution in [0.1, 0.15) is 86.1 Å². The molecule has 3 aliphatic rings. The summed E-state index contributed by atoms with van der Waals surface area (Å²) in [5.74, 6) is -3.08. The number of carbonyl (C=O) groups is 3. The second-order valence-electron chi connectivity index (χ2n) is 12.1. The number of phenolic OH excluding ortho intramolecular Hbond substituents is 2. The maximum atomic E-state index is 13.9. The first-order valence-corrected chi connectivity index (χ1v) is 15.1. The first kappa shape index (κ1) is 35.0. The zero-order chi connectivity index (χ0) is 33.8. The number of methoxy groups -OCH3 is 1. The Morgan fingerprint density at radius 2 is 1.73 bits per heavy atom. The second kappa shape index (κ2) is 13.3. The van der Waals surface area contributed by atoms with E-state index in [1.807, 2.05) is 0 Å². The van der Waals surface area contributed by atoms with Crippen molar-refractivity contribution in [3.63, 3.8) is 0 Å². The minimum absolute atomic E-state index is 0. The molecule has 0 bridgehead atoms. The van der Waals surface area contributed by atoms with Crippen LogP contribution in [0.4, 0.5) is 0 Å². The van der Waals surface area contributed by atoms with Gasteiger partial charge in [0.05, 0.1) is 47.8 Å². The molecule has 1 saturated heterocycles. The van der Waals surface area contributed by atoms with Crippen LogP contribution in [0.2, 0.25) is 0 Å². The highest BCUT2D eigenvalue weighted by atomic mass is 35.5. The first-order valence-electron chi connectivity index (χ1n) is 15.1. The highest BCUT2D eigenvalue weighted by Gasteiger charge is 2.49. The molecule has 3 aromatic carbocycles. The lowest BCUT2D eigenvalue weighted by atomic mass is 9.71. The molecule has 6 rings (SSSR count). The Kier molecular flexibility index (Phi) is 9.66. The fourth-order valence-electron chi connectivity index (χ4n) is 6.56. The molecule has 0 aromatic heterocycles. The number of ketones is 2. The lowest BCUT2D eigenvalue weighted by Gasteiger charge is -2.42. The normalized spacial score (nSPS) is 26.5. The minimum Gasteiger partial charge on any atom is -0.507 e. The molecule has 1 heterocycles. The zero-order valence-corrected chi connectivity index (χ0v) is 27.1. The average Bonchev–Trinajstić information content (AvgIpc) is 3.06. The van der Waals surface area contributed by atoms with Crippen molar-refractivity contribution in [3.8, 4) is 17.2 Å². The summed E-state index contributed by atoms with van der Waals surface area (Å²) < 4.78 is 17.5. The van der Waals surface area contributed by atoms with Crippen LogP contribution in [0.15, 0.2) is 53.6 Å². The molecule has 2 aliphatic carbocycles. The van der Waals surface area contributed by atoms with E-state index < -0.39 is 76.3 Å². The predicted octanol–water partition coefficient (Wildman–Crippen LogP) is 2.67. The minimum atomic E-state index is -1.88. The Morgan fingerprint density at radius 3 is 2.40 bits per heavy atom. The Labute approximate surface area is 281 Å². The van der Waals surface area contributed by atoms with Crippen molar-refractivity contribution in [3.05, 3.63) is 87.5 Å². The van der Waals surface area contributed by atoms with E-state index in [1.165, 1.54) is 32.2 Å². The summed E-state index contributed by atoms with van der Waals surface area (Å²) in [5.41, 5.74) is 6.04. The van der Waals surface area contributed by atoms with Crippen LogP contribution in [-0.4, -0.2) is 80.9 Å². The standard InChI is InChI=1S/C34H35N3O10.ClH/c1-15-28(38)20(35)12-23(46-15)47-22-14-34(44,16(2)36-37-33(43)17-8-5-4-6-9-17)13-19-25(22)32(42)27-26(30(19)40)29(39)18-10-7-11-21(45-3)24(18)31(27)41;/h4-11,15,20,22-23,28,38,40,42,44H,12-14,35H2,1-3H3,(H,37,43);1H/t15-,20-,22-,23-,28+,34-;/m0./s1. The number of halogens is 1. The van der Waals surface area contributed by atoms with E-state index in [4.69, 9.17) is 19.9 Å². The van der Waals surface area contributed by atoms with Crippen LogP contribution in [0.5, 0.6) is 17.2 Å². The number of aromatic hydroxyl groups is 2. The maximum Gasteiger partial charge on any atom is 0.271 e. The topological polar surface area (TPSA) is 210 Å². The molecule has 3 aromatic rings. The van der Waals surface area contributed by atoms with Gasteiger partial charge in [0.2, 0.25) is 5.78 Å². The summed E-state index contributed by atoms with van der Waals surface area (Å²) in [4.78, 5) is 40.4. The van der Waals surface area contributed by atoms with Crippen molar-refractivity contribution in [2.75, 3.05) is 7.11 Å². The maximum absolute atomic E-state index is 13.9. The summed E-state index contributed by atoms with van der Waals surface area (Å²) in [7, 11) is 1.34. The van der Waals surface area contributed by atoms with Crippen molar-refractivity contribution in [1.82, 2.24) is 5.43 Å². The van der Waals surface area contributed by atoms with Crippen LogP contribution in [-0.2, 0) is 15.9 Å². The first-order chi connectivity index (χ1) is 22.4. The third-order valence-corrected chi connectivity index (χ3v) is 9.18. The van der Waals surface area contributed by atoms with E-state index >= 15 is 0 Å². The molecule has 13 nitrogen and oxygen atoms in total. The third-order valence-electron chi connectivity index (χ3n) is 9.18. The highest BCUT2D eigenvalue weighted by molar-refractivity contribution is 6.31. The van der Waals surface area contributed by atoms with Crippen LogP contribution in [0.3, 0.4) is 0 Å². The summed E-state index contributed by atoms with van der Waals surface area (Å²) >= 11 is 0. The average molecular weight is 682 g/mol. The number of ether oxygens (including phenoxy) is 3. The molecule has 48 heavy (non-hydrogen) atoms. The summed E-state index contributed by atoms with van der Waals surface area (Å²) in [6.45, 7) is 3.09. The van der Waals surface area contributed by atoms with Crippen molar-refractivity contribution >= 4 is 35.6 Å². The van der Waals surface area contributed by atoms with E-state index in [0.29, 0.717) is 5.56 Å². The van der Waals surface area contributed by atoms with Gasteiger partial charge in [-0.3, -0.25) is 14.4 Å². The molecule has 0 saturated carbocycles. The van der Waals surface area contributed by atoms with Crippen LogP contribution in [0.25, 0.3) is 0 Å². The Bertz CT molecular complexity index is 1800. The molecule has 0 radical (unpaired) electrons. The SMILES string of the molecule is COc1cccc2c1C(=O)c1c(O)c3c(c(O)c1C2=O)C[C@@](O)(C(C)=NNC(=O)c1ccccc1)C[C@@H]3O[C@H]1C[C@H](N)[C@H](O)[C@H](C)O1.Cl. The molecule has 1 fully saturated rings. The molecule has 7 N–H and O–H groups in total. The van der Waals surface area contributed by atoms with Gasteiger partial charge in [-0.1, -0.05) is 30.3 Å². The van der Waals surface area contributed by atoms with Gasteiger partial charge in [0, 0.05) is 47.6 Å². The number of hydrogen-bond donors (Lipinski definition) is 6. The van der Waals surface area contributed by atoms with E-state index in [1.54, 1.807) is 37.3 Å². The number of carbonyl (C=O) groups excluding carboxylic acids is 3. The molecule has 0 spiro atoms. The van der Waals surface area contributed by atoms with Gasteiger partial charge in [-0.2, -0.15) is 5.10 Å². The third kappa shape index (κ3) is 5.82. The van der Waals surface area contributed by atoms with Crippen LogP contribution in [0, 0.1) is 0 Å².